The van der Waals surface area contributed by atoms with Gasteiger partial charge in [-0.3, -0.25) is 0 Å². The number of hydrogen-bond acceptors (Lipinski definition) is 3. The van der Waals surface area contributed by atoms with E-state index in [0.29, 0.717) is 23.7 Å². The van der Waals surface area contributed by atoms with Crippen LogP contribution in [0, 0.1) is 23.7 Å². The lowest BCUT2D eigenvalue weighted by atomic mass is 9.77. The van der Waals surface area contributed by atoms with Crippen LogP contribution < -0.4 is 0 Å². The average molecular weight is 270 g/mol. The average Bonchev–Trinajstić information content (AvgIpc) is 2.33. The maximum Gasteiger partial charge on any atom is 0.0593 e. The molecule has 0 aromatic rings. The second-order valence-electron chi connectivity index (χ2n) is 7.21. The summed E-state index contributed by atoms with van der Waals surface area (Å²) in [6.45, 7) is 8.47. The molecule has 3 heteroatoms. The molecule has 0 aliphatic heterocycles. The van der Waals surface area contributed by atoms with E-state index in [4.69, 9.17) is 4.74 Å². The van der Waals surface area contributed by atoms with Crippen LogP contribution in [0.4, 0.5) is 0 Å². The monoisotopic (exact) mass is 270 g/mol. The number of ether oxygens (including phenoxy) is 1. The summed E-state index contributed by atoms with van der Waals surface area (Å²) in [5, 5.41) is 20.0. The fourth-order valence-electron chi connectivity index (χ4n) is 4.02. The van der Waals surface area contributed by atoms with Crippen LogP contribution in [-0.2, 0) is 4.74 Å². The summed E-state index contributed by atoms with van der Waals surface area (Å²) in [6.07, 6.45) is 4.08. The first kappa shape index (κ1) is 15.3. The molecule has 2 aliphatic rings. The Morgan fingerprint density at radius 2 is 0.895 bits per heavy atom. The highest BCUT2D eigenvalue weighted by Gasteiger charge is 2.37. The van der Waals surface area contributed by atoms with Gasteiger partial charge in [-0.15, -0.1) is 0 Å². The fraction of sp³-hybridized carbons (Fsp3) is 1.00. The van der Waals surface area contributed by atoms with Gasteiger partial charge >= 0.3 is 0 Å². The lowest BCUT2D eigenvalue weighted by Crippen LogP contribution is -2.43. The van der Waals surface area contributed by atoms with Gasteiger partial charge in [0.1, 0.15) is 0 Å². The van der Waals surface area contributed by atoms with Gasteiger partial charge in [0, 0.05) is 0 Å². The Balaban J connectivity index is 1.88. The molecule has 2 rings (SSSR count). The molecule has 4 atom stereocenters. The third kappa shape index (κ3) is 3.50. The van der Waals surface area contributed by atoms with E-state index in [1.54, 1.807) is 0 Å². The largest absolute Gasteiger partial charge is 0.393 e. The van der Waals surface area contributed by atoms with Crippen LogP contribution in [0.15, 0.2) is 0 Å². The van der Waals surface area contributed by atoms with Gasteiger partial charge < -0.3 is 14.9 Å². The maximum atomic E-state index is 10.0. The van der Waals surface area contributed by atoms with E-state index in [1.807, 2.05) is 0 Å². The maximum absolute atomic E-state index is 10.0. The lowest BCUT2D eigenvalue weighted by Gasteiger charge is -2.41. The number of hydrogen-bond donors (Lipinski definition) is 2. The van der Waals surface area contributed by atoms with E-state index in [0.717, 1.165) is 25.7 Å². The third-order valence-corrected chi connectivity index (χ3v) is 5.26. The first-order chi connectivity index (χ1) is 8.88. The van der Waals surface area contributed by atoms with Crippen LogP contribution in [0.3, 0.4) is 0 Å². The molecule has 3 nitrogen and oxygen atoms in total. The van der Waals surface area contributed by atoms with Gasteiger partial charge in [-0.1, -0.05) is 27.7 Å². The zero-order valence-corrected chi connectivity index (χ0v) is 12.7. The molecule has 112 valence electrons. The molecule has 2 fully saturated rings. The second kappa shape index (κ2) is 6.11. The van der Waals surface area contributed by atoms with Crippen molar-refractivity contribution in [1.29, 1.82) is 0 Å². The highest BCUT2D eigenvalue weighted by molar-refractivity contribution is 4.86. The molecule has 0 spiro atoms. The molecule has 2 aliphatic carbocycles. The van der Waals surface area contributed by atoms with Crippen LogP contribution >= 0.6 is 0 Å². The zero-order valence-electron chi connectivity index (χ0n) is 12.7. The molecular weight excluding hydrogens is 240 g/mol. The standard InChI is InChI=1S/C16H30O3/c1-9-5-13(6-10(2)15(9)17)19-14-7-11(3)16(18)12(4)8-14/h9-18H,5-8H2,1-4H3. The molecule has 2 saturated carbocycles. The van der Waals surface area contributed by atoms with Gasteiger partial charge in [-0.2, -0.15) is 0 Å². The zero-order chi connectivity index (χ0) is 14.2. The number of aliphatic hydroxyl groups is 2. The van der Waals surface area contributed by atoms with Crippen molar-refractivity contribution in [3.8, 4) is 0 Å². The molecule has 0 bridgehead atoms. The van der Waals surface area contributed by atoms with Gasteiger partial charge in [-0.25, -0.2) is 0 Å². The quantitative estimate of drug-likeness (QED) is 0.811. The second-order valence-corrected chi connectivity index (χ2v) is 7.21. The van der Waals surface area contributed by atoms with E-state index >= 15 is 0 Å². The van der Waals surface area contributed by atoms with Crippen molar-refractivity contribution in [2.45, 2.75) is 77.8 Å². The highest BCUT2D eigenvalue weighted by atomic mass is 16.5. The smallest absolute Gasteiger partial charge is 0.0593 e. The lowest BCUT2D eigenvalue weighted by molar-refractivity contribution is -0.119. The van der Waals surface area contributed by atoms with Gasteiger partial charge in [0.2, 0.25) is 0 Å². The topological polar surface area (TPSA) is 49.7 Å². The summed E-state index contributed by atoms with van der Waals surface area (Å²) in [4.78, 5) is 0. The number of aliphatic hydroxyl groups excluding tert-OH is 2. The van der Waals surface area contributed by atoms with Crippen LogP contribution in [0.25, 0.3) is 0 Å². The van der Waals surface area contributed by atoms with Crippen LogP contribution in [0.1, 0.15) is 53.4 Å². The predicted octanol–water partition coefficient (Wildman–Crippen LogP) is 2.59. The first-order valence-electron chi connectivity index (χ1n) is 7.90. The van der Waals surface area contributed by atoms with Crippen molar-refractivity contribution in [3.63, 3.8) is 0 Å². The normalized spacial score (nSPS) is 52.1. The van der Waals surface area contributed by atoms with E-state index in [2.05, 4.69) is 27.7 Å². The molecule has 0 aromatic carbocycles. The minimum Gasteiger partial charge on any atom is -0.393 e. The summed E-state index contributed by atoms with van der Waals surface area (Å²) in [5.74, 6) is 1.33. The van der Waals surface area contributed by atoms with Crippen LogP contribution in [0.2, 0.25) is 0 Å². The molecule has 0 amide bonds. The summed E-state index contributed by atoms with van der Waals surface area (Å²) in [5.41, 5.74) is 0. The minimum absolute atomic E-state index is 0.175. The molecular formula is C16H30O3. The van der Waals surface area contributed by atoms with Crippen LogP contribution in [-0.4, -0.2) is 34.6 Å². The van der Waals surface area contributed by atoms with Gasteiger partial charge in [0.25, 0.3) is 0 Å². The van der Waals surface area contributed by atoms with Crippen molar-refractivity contribution >= 4 is 0 Å². The summed E-state index contributed by atoms with van der Waals surface area (Å²) < 4.78 is 6.29. The molecule has 0 heterocycles. The number of rotatable bonds is 2. The Morgan fingerprint density at radius 3 is 1.16 bits per heavy atom. The van der Waals surface area contributed by atoms with Gasteiger partial charge in [0.05, 0.1) is 24.4 Å². The van der Waals surface area contributed by atoms with Crippen LogP contribution in [0.5, 0.6) is 0 Å². The minimum atomic E-state index is -0.175. The molecule has 4 unspecified atom stereocenters. The van der Waals surface area contributed by atoms with E-state index in [1.165, 1.54) is 0 Å². The Kier molecular flexibility index (Phi) is 4.91. The van der Waals surface area contributed by atoms with Crippen molar-refractivity contribution in [1.82, 2.24) is 0 Å². The van der Waals surface area contributed by atoms with E-state index in [-0.39, 0.29) is 24.4 Å². The molecule has 19 heavy (non-hydrogen) atoms. The molecule has 0 radical (unpaired) electrons. The molecule has 0 saturated heterocycles. The van der Waals surface area contributed by atoms with E-state index in [9.17, 15) is 10.2 Å². The third-order valence-electron chi connectivity index (χ3n) is 5.26. The van der Waals surface area contributed by atoms with E-state index < -0.39 is 0 Å². The Hall–Kier alpha value is -0.120. The summed E-state index contributed by atoms with van der Waals surface area (Å²) in [6, 6.07) is 0. The SMILES string of the molecule is CC1CC(OC2CC(C)C(O)C(C)C2)CC(C)C1O. The Bertz CT molecular complexity index is 242. The van der Waals surface area contributed by atoms with Crippen molar-refractivity contribution < 1.29 is 14.9 Å². The van der Waals surface area contributed by atoms with Crippen molar-refractivity contribution in [2.75, 3.05) is 0 Å². The van der Waals surface area contributed by atoms with Crippen molar-refractivity contribution in [2.24, 2.45) is 23.7 Å². The summed E-state index contributed by atoms with van der Waals surface area (Å²) >= 11 is 0. The molecule has 0 aromatic heterocycles. The Labute approximate surface area is 117 Å². The first-order valence-corrected chi connectivity index (χ1v) is 7.90. The fourth-order valence-corrected chi connectivity index (χ4v) is 4.02. The predicted molar refractivity (Wildman–Crippen MR) is 75.8 cm³/mol. The Morgan fingerprint density at radius 1 is 0.632 bits per heavy atom. The molecule has 2 N–H and O–H groups in total. The van der Waals surface area contributed by atoms with Crippen molar-refractivity contribution in [3.05, 3.63) is 0 Å². The van der Waals surface area contributed by atoms with Gasteiger partial charge in [0.15, 0.2) is 0 Å². The summed E-state index contributed by atoms with van der Waals surface area (Å²) in [7, 11) is 0. The highest BCUT2D eigenvalue weighted by Crippen LogP contribution is 2.36. The van der Waals surface area contributed by atoms with Gasteiger partial charge in [-0.05, 0) is 49.4 Å².